The first-order chi connectivity index (χ1) is 10.6. The van der Waals surface area contributed by atoms with Gasteiger partial charge in [0.15, 0.2) is 0 Å². The standard InChI is InChI=1S/C17H37O4P/c1-3-5-7-9-11-13-15-17-21-22(18,19)20-16-14-12-10-8-6-4-2/h3-17H2,1-2H3,(H,18,19)/p-1. The predicted octanol–water partition coefficient (Wildman–Crippen LogP) is 5.60. The van der Waals surface area contributed by atoms with Gasteiger partial charge >= 0.3 is 0 Å². The summed E-state index contributed by atoms with van der Waals surface area (Å²) < 4.78 is 21.3. The minimum absolute atomic E-state index is 0.254. The van der Waals surface area contributed by atoms with Crippen molar-refractivity contribution in [2.75, 3.05) is 13.2 Å². The molecule has 4 nitrogen and oxygen atoms in total. The van der Waals surface area contributed by atoms with Crippen molar-refractivity contribution in [2.24, 2.45) is 0 Å². The van der Waals surface area contributed by atoms with Crippen LogP contribution in [0.5, 0.6) is 0 Å². The molecule has 0 heterocycles. The van der Waals surface area contributed by atoms with E-state index < -0.39 is 7.82 Å². The number of phosphoric acid groups is 1. The zero-order valence-electron chi connectivity index (χ0n) is 14.7. The van der Waals surface area contributed by atoms with E-state index in [0.717, 1.165) is 38.5 Å². The molecule has 0 spiro atoms. The van der Waals surface area contributed by atoms with Gasteiger partial charge in [0.1, 0.15) is 0 Å². The van der Waals surface area contributed by atoms with Gasteiger partial charge in [-0.3, -0.25) is 4.57 Å². The normalized spacial score (nSPS) is 14.1. The molecule has 0 aromatic heterocycles. The van der Waals surface area contributed by atoms with Gasteiger partial charge in [0.05, 0.1) is 13.2 Å². The number of hydrogen-bond acceptors (Lipinski definition) is 4. The fourth-order valence-corrected chi connectivity index (χ4v) is 3.11. The molecule has 0 aliphatic heterocycles. The molecule has 0 N–H and O–H groups in total. The Kier molecular flexibility index (Phi) is 16.1. The summed E-state index contributed by atoms with van der Waals surface area (Å²) in [5.74, 6) is 0. The van der Waals surface area contributed by atoms with Crippen molar-refractivity contribution in [3.05, 3.63) is 0 Å². The van der Waals surface area contributed by atoms with Crippen LogP contribution in [0.4, 0.5) is 0 Å². The fourth-order valence-electron chi connectivity index (χ4n) is 2.33. The fraction of sp³-hybridized carbons (Fsp3) is 1.00. The summed E-state index contributed by atoms with van der Waals surface area (Å²) in [7, 11) is -4.07. The third kappa shape index (κ3) is 16.5. The molecule has 0 aromatic rings. The average Bonchev–Trinajstić information content (AvgIpc) is 2.49. The van der Waals surface area contributed by atoms with Crippen LogP contribution >= 0.6 is 7.82 Å². The van der Waals surface area contributed by atoms with Gasteiger partial charge in [-0.25, -0.2) is 0 Å². The minimum atomic E-state index is -4.07. The Bertz CT molecular complexity index is 271. The Balaban J connectivity index is 3.36. The smallest absolute Gasteiger partial charge is 0.267 e. The number of phosphoric ester groups is 1. The Labute approximate surface area is 137 Å². The summed E-state index contributed by atoms with van der Waals surface area (Å²) in [5.41, 5.74) is 0. The molecule has 0 aliphatic carbocycles. The van der Waals surface area contributed by atoms with Gasteiger partial charge in [-0.05, 0) is 12.8 Å². The highest BCUT2D eigenvalue weighted by Crippen LogP contribution is 2.38. The van der Waals surface area contributed by atoms with E-state index in [4.69, 9.17) is 9.05 Å². The van der Waals surface area contributed by atoms with Crippen molar-refractivity contribution in [1.29, 1.82) is 0 Å². The summed E-state index contributed by atoms with van der Waals surface area (Å²) >= 11 is 0. The van der Waals surface area contributed by atoms with Crippen molar-refractivity contribution in [1.82, 2.24) is 0 Å². The van der Waals surface area contributed by atoms with Crippen LogP contribution in [0.25, 0.3) is 0 Å². The highest BCUT2D eigenvalue weighted by atomic mass is 31.2. The number of unbranched alkanes of at least 4 members (excludes halogenated alkanes) is 11. The van der Waals surface area contributed by atoms with Crippen LogP contribution in [-0.2, 0) is 13.6 Å². The Morgan fingerprint density at radius 3 is 1.32 bits per heavy atom. The van der Waals surface area contributed by atoms with Crippen molar-refractivity contribution in [3.63, 3.8) is 0 Å². The Morgan fingerprint density at radius 1 is 0.636 bits per heavy atom. The lowest BCUT2D eigenvalue weighted by Gasteiger charge is -2.22. The quantitative estimate of drug-likeness (QED) is 0.256. The molecule has 0 aliphatic rings. The number of hydrogen-bond donors (Lipinski definition) is 0. The summed E-state index contributed by atoms with van der Waals surface area (Å²) in [5, 5.41) is 0. The molecule has 0 bridgehead atoms. The highest BCUT2D eigenvalue weighted by Gasteiger charge is 2.08. The topological polar surface area (TPSA) is 58.6 Å². The largest absolute Gasteiger partial charge is 0.756 e. The monoisotopic (exact) mass is 335 g/mol. The molecule has 0 saturated heterocycles. The third-order valence-electron chi connectivity index (χ3n) is 3.74. The number of rotatable bonds is 17. The maximum atomic E-state index is 11.5. The van der Waals surface area contributed by atoms with E-state index in [2.05, 4.69) is 13.8 Å². The highest BCUT2D eigenvalue weighted by molar-refractivity contribution is 7.45. The van der Waals surface area contributed by atoms with Gasteiger partial charge in [0, 0.05) is 0 Å². The predicted molar refractivity (Wildman–Crippen MR) is 90.9 cm³/mol. The molecule has 0 amide bonds. The van der Waals surface area contributed by atoms with Gasteiger partial charge in [-0.2, -0.15) is 0 Å². The summed E-state index contributed by atoms with van der Waals surface area (Å²) in [6, 6.07) is 0. The molecule has 0 saturated carbocycles. The Hall–Kier alpha value is 0.110. The average molecular weight is 335 g/mol. The molecule has 0 rings (SSSR count). The van der Waals surface area contributed by atoms with Crippen LogP contribution in [-0.4, -0.2) is 13.2 Å². The molecule has 0 radical (unpaired) electrons. The van der Waals surface area contributed by atoms with E-state index in [0.29, 0.717) is 0 Å². The first-order valence-electron chi connectivity index (χ1n) is 9.22. The minimum Gasteiger partial charge on any atom is -0.756 e. The van der Waals surface area contributed by atoms with Crippen LogP contribution in [0.1, 0.15) is 97.3 Å². The molecule has 0 aromatic carbocycles. The maximum absolute atomic E-state index is 11.5. The van der Waals surface area contributed by atoms with E-state index in [1.54, 1.807) is 0 Å². The van der Waals surface area contributed by atoms with Gasteiger partial charge in [-0.15, -0.1) is 0 Å². The first-order valence-corrected chi connectivity index (χ1v) is 10.7. The lowest BCUT2D eigenvalue weighted by Crippen LogP contribution is -2.10. The van der Waals surface area contributed by atoms with Gasteiger partial charge in [0.25, 0.3) is 7.82 Å². The van der Waals surface area contributed by atoms with Crippen molar-refractivity contribution >= 4 is 7.82 Å². The first kappa shape index (κ1) is 22.1. The lowest BCUT2D eigenvalue weighted by atomic mass is 10.1. The summed E-state index contributed by atoms with van der Waals surface area (Å²) in [6.45, 7) is 4.89. The molecular weight excluding hydrogens is 299 g/mol. The second-order valence-corrected chi connectivity index (χ2v) is 7.41. The zero-order chi connectivity index (χ0) is 16.5. The van der Waals surface area contributed by atoms with E-state index in [9.17, 15) is 9.46 Å². The van der Waals surface area contributed by atoms with E-state index in [1.165, 1.54) is 44.9 Å². The third-order valence-corrected chi connectivity index (χ3v) is 4.74. The van der Waals surface area contributed by atoms with Crippen LogP contribution in [0.2, 0.25) is 0 Å². The molecule has 22 heavy (non-hydrogen) atoms. The van der Waals surface area contributed by atoms with Gasteiger partial charge in [0.2, 0.25) is 0 Å². The SMILES string of the molecule is CCCCCCCCCOP(=O)([O-])OCCCCCCCC. The van der Waals surface area contributed by atoms with Gasteiger partial charge in [-0.1, -0.05) is 84.5 Å². The summed E-state index contributed by atoms with van der Waals surface area (Å²) in [6.07, 6.45) is 14.7. The molecule has 5 heteroatoms. The van der Waals surface area contributed by atoms with E-state index >= 15 is 0 Å². The maximum Gasteiger partial charge on any atom is 0.267 e. The van der Waals surface area contributed by atoms with E-state index in [1.807, 2.05) is 0 Å². The van der Waals surface area contributed by atoms with Crippen LogP contribution < -0.4 is 4.89 Å². The van der Waals surface area contributed by atoms with Crippen molar-refractivity contribution < 1.29 is 18.5 Å². The summed E-state index contributed by atoms with van der Waals surface area (Å²) in [4.78, 5) is 11.5. The Morgan fingerprint density at radius 2 is 0.955 bits per heavy atom. The van der Waals surface area contributed by atoms with Crippen molar-refractivity contribution in [3.8, 4) is 0 Å². The van der Waals surface area contributed by atoms with Crippen LogP contribution in [0.3, 0.4) is 0 Å². The molecular formula is C17H36O4P-. The van der Waals surface area contributed by atoms with Crippen LogP contribution in [0.15, 0.2) is 0 Å². The second kappa shape index (κ2) is 16.0. The molecule has 0 fully saturated rings. The van der Waals surface area contributed by atoms with Gasteiger partial charge < -0.3 is 13.9 Å². The zero-order valence-corrected chi connectivity index (χ0v) is 15.6. The molecule has 1 unspecified atom stereocenters. The van der Waals surface area contributed by atoms with Crippen molar-refractivity contribution in [2.45, 2.75) is 97.3 Å². The lowest BCUT2D eigenvalue weighted by molar-refractivity contribution is -0.225. The second-order valence-electron chi connectivity index (χ2n) is 6.00. The molecule has 1 atom stereocenters. The van der Waals surface area contributed by atoms with Crippen LogP contribution in [0, 0.1) is 0 Å². The van der Waals surface area contributed by atoms with E-state index in [-0.39, 0.29) is 13.2 Å². The molecule has 134 valence electrons.